The number of anilines is 2. The molecule has 3 aromatic carbocycles. The average Bonchev–Trinajstić information content (AvgIpc) is 3.60. The summed E-state index contributed by atoms with van der Waals surface area (Å²) in [5.74, 6) is 0.196. The van der Waals surface area contributed by atoms with Crippen molar-refractivity contribution < 1.29 is 0 Å². The molecule has 0 saturated carbocycles. The Hall–Kier alpha value is -4.82. The molecule has 0 spiro atoms. The maximum absolute atomic E-state index is 4.32. The molecule has 0 saturated heterocycles. The molecule has 1 unspecified atom stereocenters. The number of para-hydroxylation sites is 1. The van der Waals surface area contributed by atoms with Crippen molar-refractivity contribution in [3.63, 3.8) is 0 Å². The molecule has 0 amide bonds. The monoisotopic (exact) mass is 574 g/mol. The minimum Gasteiger partial charge on any atom is -0.331 e. The zero-order valence-electron chi connectivity index (χ0n) is 26.3. The Morgan fingerprint density at radius 3 is 2.34 bits per heavy atom. The van der Waals surface area contributed by atoms with Gasteiger partial charge in [0.1, 0.15) is 0 Å². The minimum absolute atomic E-state index is 0.189. The number of rotatable bonds is 11. The Balaban J connectivity index is 1.54. The summed E-state index contributed by atoms with van der Waals surface area (Å²) in [5.41, 5.74) is 10.9. The lowest BCUT2D eigenvalue weighted by Gasteiger charge is -2.51. The van der Waals surface area contributed by atoms with E-state index in [0.29, 0.717) is 0 Å². The first-order valence-corrected chi connectivity index (χ1v) is 15.7. The number of benzene rings is 3. The van der Waals surface area contributed by atoms with Crippen LogP contribution in [-0.2, 0) is 0 Å². The number of hydrogen-bond acceptors (Lipinski definition) is 2. The van der Waals surface area contributed by atoms with Crippen molar-refractivity contribution >= 4 is 16.9 Å². The number of nitrogens with zero attached hydrogens (tertiary/aromatic N) is 2. The molecule has 3 aromatic rings. The topological polar surface area (TPSA) is 6.48 Å². The van der Waals surface area contributed by atoms with Gasteiger partial charge in [-0.2, -0.15) is 0 Å². The van der Waals surface area contributed by atoms with Crippen molar-refractivity contribution in [2.75, 3.05) is 9.80 Å². The fourth-order valence-corrected chi connectivity index (χ4v) is 7.04. The Bertz CT molecular complexity index is 1750. The van der Waals surface area contributed by atoms with Gasteiger partial charge in [-0.3, -0.25) is 0 Å². The molecular weight excluding hydrogens is 532 g/mol. The summed E-state index contributed by atoms with van der Waals surface area (Å²) in [6, 6.07) is 30.9. The first-order chi connectivity index (χ1) is 21.5. The van der Waals surface area contributed by atoms with Crippen LogP contribution < -0.4 is 9.80 Å². The SMILES string of the molecule is C=C/C(=C\C)N(c1cccc(C2C3=C(C=C3)N2c2ccccc2)c1)[C@](C)(/C(=C\C=C/C)c1ccccc1)[C@H](C)C1=CC=CC1. The van der Waals surface area contributed by atoms with Crippen LogP contribution in [0.2, 0.25) is 0 Å². The van der Waals surface area contributed by atoms with Crippen molar-refractivity contribution in [3.8, 4) is 0 Å². The fourth-order valence-electron chi connectivity index (χ4n) is 7.04. The van der Waals surface area contributed by atoms with Gasteiger partial charge in [0.2, 0.25) is 0 Å². The van der Waals surface area contributed by atoms with Crippen LogP contribution in [0.5, 0.6) is 0 Å². The van der Waals surface area contributed by atoms with Gasteiger partial charge >= 0.3 is 0 Å². The highest BCUT2D eigenvalue weighted by molar-refractivity contribution is 5.82. The molecule has 1 aliphatic heterocycles. The Morgan fingerprint density at radius 1 is 0.977 bits per heavy atom. The quantitative estimate of drug-likeness (QED) is 0.210. The fraction of sp³-hybridized carbons (Fsp3) is 0.190. The lowest BCUT2D eigenvalue weighted by atomic mass is 9.71. The van der Waals surface area contributed by atoms with Crippen molar-refractivity contribution in [2.45, 2.75) is 45.7 Å². The zero-order chi connectivity index (χ0) is 30.7. The molecular formula is C42H42N2. The smallest absolute Gasteiger partial charge is 0.0865 e. The van der Waals surface area contributed by atoms with E-state index in [1.54, 1.807) is 0 Å². The molecule has 6 rings (SSSR count). The predicted molar refractivity (Wildman–Crippen MR) is 189 cm³/mol. The Kier molecular flexibility index (Phi) is 8.26. The first-order valence-electron chi connectivity index (χ1n) is 15.7. The average molecular weight is 575 g/mol. The third-order valence-corrected chi connectivity index (χ3v) is 9.52. The van der Waals surface area contributed by atoms with Gasteiger partial charge in [0, 0.05) is 34.3 Å². The van der Waals surface area contributed by atoms with Gasteiger partial charge in [0.25, 0.3) is 0 Å². The van der Waals surface area contributed by atoms with Crippen LogP contribution >= 0.6 is 0 Å². The molecule has 0 fully saturated rings. The normalized spacial score (nSPS) is 19.7. The third-order valence-electron chi connectivity index (χ3n) is 9.52. The predicted octanol–water partition coefficient (Wildman–Crippen LogP) is 10.9. The zero-order valence-corrected chi connectivity index (χ0v) is 26.3. The molecule has 0 N–H and O–H groups in total. The minimum atomic E-state index is -0.451. The van der Waals surface area contributed by atoms with Crippen molar-refractivity contribution in [3.05, 3.63) is 186 Å². The highest BCUT2D eigenvalue weighted by atomic mass is 15.2. The number of allylic oxidation sites excluding steroid dienone is 9. The second-order valence-corrected chi connectivity index (χ2v) is 11.8. The van der Waals surface area contributed by atoms with Gasteiger partial charge in [-0.25, -0.2) is 0 Å². The largest absolute Gasteiger partial charge is 0.331 e. The number of hydrogen-bond donors (Lipinski definition) is 0. The van der Waals surface area contributed by atoms with E-state index < -0.39 is 5.54 Å². The summed E-state index contributed by atoms with van der Waals surface area (Å²) < 4.78 is 0. The Morgan fingerprint density at radius 2 is 1.73 bits per heavy atom. The summed E-state index contributed by atoms with van der Waals surface area (Å²) in [4.78, 5) is 4.99. The van der Waals surface area contributed by atoms with Crippen LogP contribution in [0.1, 0.15) is 51.3 Å². The highest BCUT2D eigenvalue weighted by Crippen LogP contribution is 2.53. The molecule has 0 radical (unpaired) electrons. The van der Waals surface area contributed by atoms with Crippen molar-refractivity contribution in [1.29, 1.82) is 0 Å². The molecule has 1 heterocycles. The maximum Gasteiger partial charge on any atom is 0.0865 e. The standard InChI is InChI=1S/C42H42N2/c1-6-9-27-39(33-21-12-10-13-22-33)42(5,31(4)32-19-16-17-20-32)44(35(7-2)8-3)37-26-18-23-34(30-37)41-38-28-29-40(38)43(41)36-24-14-11-15-25-36/h6-19,21-31,41H,2,20H2,1,3-5H3/b9-6-,35-8+,39-27-/t31-,41?,42+/m1/s1. The van der Waals surface area contributed by atoms with E-state index in [2.05, 4.69) is 184 Å². The molecule has 2 nitrogen and oxygen atoms in total. The summed E-state index contributed by atoms with van der Waals surface area (Å²) >= 11 is 0. The lowest BCUT2D eigenvalue weighted by molar-refractivity contribution is 0.433. The van der Waals surface area contributed by atoms with Crippen molar-refractivity contribution in [1.82, 2.24) is 0 Å². The van der Waals surface area contributed by atoms with Crippen LogP contribution in [0.25, 0.3) is 5.57 Å². The van der Waals surface area contributed by atoms with E-state index in [0.717, 1.165) is 17.8 Å². The van der Waals surface area contributed by atoms with Gasteiger partial charge < -0.3 is 9.80 Å². The van der Waals surface area contributed by atoms with E-state index in [1.807, 2.05) is 6.08 Å². The van der Waals surface area contributed by atoms with Crippen LogP contribution in [-0.4, -0.2) is 5.54 Å². The van der Waals surface area contributed by atoms with Crippen LogP contribution in [0.3, 0.4) is 0 Å². The summed E-state index contributed by atoms with van der Waals surface area (Å²) in [7, 11) is 0. The van der Waals surface area contributed by atoms with E-state index in [-0.39, 0.29) is 12.0 Å². The molecule has 0 aromatic heterocycles. The highest BCUT2D eigenvalue weighted by Gasteiger charge is 2.45. The molecule has 3 atom stereocenters. The molecule has 0 bridgehead atoms. The van der Waals surface area contributed by atoms with Gasteiger partial charge in [0.05, 0.1) is 11.6 Å². The maximum atomic E-state index is 4.32. The van der Waals surface area contributed by atoms with Crippen LogP contribution in [0.15, 0.2) is 175 Å². The molecule has 2 heteroatoms. The van der Waals surface area contributed by atoms with Crippen LogP contribution in [0, 0.1) is 5.92 Å². The first kappa shape index (κ1) is 29.3. The lowest BCUT2D eigenvalue weighted by Crippen LogP contribution is -2.52. The van der Waals surface area contributed by atoms with Gasteiger partial charge in [-0.1, -0.05) is 128 Å². The van der Waals surface area contributed by atoms with Gasteiger partial charge in [0.15, 0.2) is 0 Å². The van der Waals surface area contributed by atoms with E-state index in [1.165, 1.54) is 39.2 Å². The third kappa shape index (κ3) is 4.95. The summed E-state index contributed by atoms with van der Waals surface area (Å²) in [5, 5.41) is 0. The van der Waals surface area contributed by atoms with Gasteiger partial charge in [-0.15, -0.1) is 0 Å². The molecule has 3 aliphatic rings. The van der Waals surface area contributed by atoms with E-state index in [4.69, 9.17) is 0 Å². The van der Waals surface area contributed by atoms with Crippen LogP contribution in [0.4, 0.5) is 11.4 Å². The molecule has 44 heavy (non-hydrogen) atoms. The van der Waals surface area contributed by atoms with Crippen molar-refractivity contribution in [2.24, 2.45) is 5.92 Å². The molecule has 220 valence electrons. The van der Waals surface area contributed by atoms with E-state index in [9.17, 15) is 0 Å². The van der Waals surface area contributed by atoms with E-state index >= 15 is 0 Å². The van der Waals surface area contributed by atoms with Gasteiger partial charge in [-0.05, 0) is 80.3 Å². The Labute approximate surface area is 263 Å². The summed E-state index contributed by atoms with van der Waals surface area (Å²) in [6.45, 7) is 13.3. The molecule has 2 aliphatic carbocycles. The second-order valence-electron chi connectivity index (χ2n) is 11.8. The summed E-state index contributed by atoms with van der Waals surface area (Å²) in [6.07, 6.45) is 23.0. The second kappa shape index (κ2) is 12.4.